The van der Waals surface area contributed by atoms with Crippen molar-refractivity contribution in [3.63, 3.8) is 0 Å². The van der Waals surface area contributed by atoms with Crippen molar-refractivity contribution in [2.75, 3.05) is 37.7 Å². The highest BCUT2D eigenvalue weighted by Crippen LogP contribution is 2.37. The van der Waals surface area contributed by atoms with Crippen LogP contribution in [-0.2, 0) is 9.53 Å². The molecule has 4 aromatic rings. The molecule has 5 heterocycles. The van der Waals surface area contributed by atoms with Crippen LogP contribution in [0.15, 0.2) is 35.3 Å². The zero-order valence-electron chi connectivity index (χ0n) is 19.9. The number of amides is 1. The maximum Gasteiger partial charge on any atom is 0.345 e. The molecule has 0 bridgehead atoms. The Hall–Kier alpha value is -3.95. The maximum absolute atomic E-state index is 13.4. The number of carbonyl (C=O) groups excluding carboxylic acids is 2. The molecule has 36 heavy (non-hydrogen) atoms. The summed E-state index contributed by atoms with van der Waals surface area (Å²) in [5.41, 5.74) is 1.91. The van der Waals surface area contributed by atoms with Crippen LogP contribution in [0, 0.1) is 17.8 Å². The number of para-hydroxylation sites is 2. The predicted octanol–water partition coefficient (Wildman–Crippen LogP) is 2.21. The molecule has 2 atom stereocenters. The van der Waals surface area contributed by atoms with Crippen LogP contribution in [0.5, 0.6) is 0 Å². The topological polar surface area (TPSA) is 113 Å². The van der Waals surface area contributed by atoms with Gasteiger partial charge in [0, 0.05) is 50.1 Å². The van der Waals surface area contributed by atoms with Crippen LogP contribution in [0.4, 0.5) is 5.95 Å². The number of anilines is 1. The molecule has 184 valence electrons. The molecule has 3 fully saturated rings. The Morgan fingerprint density at radius 3 is 2.58 bits per heavy atom. The number of nitrogens with zero attached hydrogens (tertiary/aromatic N) is 5. The summed E-state index contributed by atoms with van der Waals surface area (Å²) in [6.45, 7) is 5.01. The third-order valence-electron chi connectivity index (χ3n) is 7.78. The molecule has 1 N–H and O–H groups in total. The van der Waals surface area contributed by atoms with E-state index in [4.69, 9.17) is 9.72 Å². The van der Waals surface area contributed by atoms with Gasteiger partial charge in [0.1, 0.15) is 11.2 Å². The van der Waals surface area contributed by atoms with Gasteiger partial charge in [-0.05, 0) is 31.9 Å². The van der Waals surface area contributed by atoms with E-state index in [0.29, 0.717) is 35.0 Å². The average Bonchev–Trinajstić information content (AvgIpc) is 3.37. The largest absolute Gasteiger partial charge is 0.462 e. The molecular weight excluding hydrogens is 460 g/mol. The number of imidazole rings is 1. The lowest BCUT2D eigenvalue weighted by Gasteiger charge is -2.22. The molecule has 2 aliphatic heterocycles. The SMILES string of the molecule is CCOC(=O)c1c(=O)c2cnc(N3CC4CN(C(=O)C5CC5)CC4C3)nc2n2c1[nH]c1ccccc12. The minimum Gasteiger partial charge on any atom is -0.462 e. The molecule has 1 amide bonds. The third kappa shape index (κ3) is 3.13. The summed E-state index contributed by atoms with van der Waals surface area (Å²) in [7, 11) is 0. The number of nitrogens with one attached hydrogen (secondary N) is 1. The lowest BCUT2D eigenvalue weighted by Crippen LogP contribution is -2.34. The Labute approximate surface area is 205 Å². The molecule has 0 radical (unpaired) electrons. The van der Waals surface area contributed by atoms with Crippen LogP contribution >= 0.6 is 0 Å². The van der Waals surface area contributed by atoms with Crippen LogP contribution in [-0.4, -0.2) is 68.9 Å². The summed E-state index contributed by atoms with van der Waals surface area (Å²) in [5.74, 6) is 1.24. The van der Waals surface area contributed by atoms with E-state index in [1.54, 1.807) is 6.92 Å². The van der Waals surface area contributed by atoms with Gasteiger partial charge in [0.2, 0.25) is 17.3 Å². The van der Waals surface area contributed by atoms with Gasteiger partial charge in [0.15, 0.2) is 5.65 Å². The van der Waals surface area contributed by atoms with E-state index in [0.717, 1.165) is 50.1 Å². The van der Waals surface area contributed by atoms with Gasteiger partial charge in [-0.3, -0.25) is 14.0 Å². The maximum atomic E-state index is 13.4. The van der Waals surface area contributed by atoms with E-state index >= 15 is 0 Å². The van der Waals surface area contributed by atoms with Gasteiger partial charge in [-0.25, -0.2) is 9.78 Å². The van der Waals surface area contributed by atoms with Crippen molar-refractivity contribution in [1.82, 2.24) is 24.3 Å². The summed E-state index contributed by atoms with van der Waals surface area (Å²) < 4.78 is 7.02. The second kappa shape index (κ2) is 7.78. The molecule has 2 unspecified atom stereocenters. The number of aromatic nitrogens is 4. The first-order chi connectivity index (χ1) is 17.5. The second-order valence-corrected chi connectivity index (χ2v) is 10.1. The van der Waals surface area contributed by atoms with E-state index in [-0.39, 0.29) is 23.5 Å². The number of hydrogen-bond donors (Lipinski definition) is 1. The Kier molecular flexibility index (Phi) is 4.61. The quantitative estimate of drug-likeness (QED) is 0.440. The fourth-order valence-electron chi connectivity index (χ4n) is 5.88. The van der Waals surface area contributed by atoms with Gasteiger partial charge >= 0.3 is 5.97 Å². The number of hydrogen-bond acceptors (Lipinski definition) is 7. The lowest BCUT2D eigenvalue weighted by molar-refractivity contribution is -0.131. The first-order valence-electron chi connectivity index (χ1n) is 12.6. The number of rotatable bonds is 4. The summed E-state index contributed by atoms with van der Waals surface area (Å²) in [5, 5.41) is 0.268. The molecule has 10 heteroatoms. The van der Waals surface area contributed by atoms with Crippen LogP contribution in [0.3, 0.4) is 0 Å². The van der Waals surface area contributed by atoms with Crippen LogP contribution in [0.25, 0.3) is 27.7 Å². The smallest absolute Gasteiger partial charge is 0.345 e. The number of aromatic amines is 1. The highest BCUT2D eigenvalue weighted by molar-refractivity contribution is 6.02. The molecule has 7 rings (SSSR count). The normalized spacial score (nSPS) is 21.6. The number of ether oxygens (including phenoxy) is 1. The van der Waals surface area contributed by atoms with E-state index in [1.165, 1.54) is 6.20 Å². The summed E-state index contributed by atoms with van der Waals surface area (Å²) in [6.07, 6.45) is 3.58. The third-order valence-corrected chi connectivity index (χ3v) is 7.78. The summed E-state index contributed by atoms with van der Waals surface area (Å²) in [4.78, 5) is 55.5. The monoisotopic (exact) mass is 486 g/mol. The number of likely N-dealkylation sites (tertiary alicyclic amines) is 1. The van der Waals surface area contributed by atoms with Crippen molar-refractivity contribution in [2.45, 2.75) is 19.8 Å². The molecule has 3 aromatic heterocycles. The average molecular weight is 487 g/mol. The molecule has 0 spiro atoms. The molecule has 1 aromatic carbocycles. The minimum absolute atomic E-state index is 0.0481. The van der Waals surface area contributed by atoms with Crippen molar-refractivity contribution in [1.29, 1.82) is 0 Å². The van der Waals surface area contributed by atoms with Gasteiger partial charge in [-0.1, -0.05) is 12.1 Å². The molecular formula is C26H26N6O4. The zero-order chi connectivity index (χ0) is 24.6. The number of esters is 1. The highest BCUT2D eigenvalue weighted by atomic mass is 16.5. The minimum atomic E-state index is -0.671. The standard InChI is InChI=1S/C26H26N6O4/c1-2-36-25(35)20-21(33)17-9-27-26(29-22(17)32-19-6-4-3-5-18(19)28-23(20)32)31-12-15-10-30(11-16(15)13-31)24(34)14-7-8-14/h3-6,9,14-16,28H,2,7-8,10-13H2,1H3. The number of pyridine rings is 1. The number of fused-ring (bicyclic) bond motifs is 6. The number of benzene rings is 1. The predicted molar refractivity (Wildman–Crippen MR) is 133 cm³/mol. The van der Waals surface area contributed by atoms with Crippen LogP contribution < -0.4 is 10.3 Å². The van der Waals surface area contributed by atoms with Gasteiger partial charge in [-0.15, -0.1) is 0 Å². The fraction of sp³-hybridized carbons (Fsp3) is 0.423. The van der Waals surface area contributed by atoms with Crippen LogP contribution in [0.1, 0.15) is 30.1 Å². The molecule has 2 saturated heterocycles. The lowest BCUT2D eigenvalue weighted by atomic mass is 10.0. The number of H-pyrrole nitrogens is 1. The van der Waals surface area contributed by atoms with Gasteiger partial charge in [-0.2, -0.15) is 4.98 Å². The van der Waals surface area contributed by atoms with Crippen molar-refractivity contribution in [3.8, 4) is 0 Å². The molecule has 10 nitrogen and oxygen atoms in total. The van der Waals surface area contributed by atoms with Crippen molar-refractivity contribution < 1.29 is 14.3 Å². The van der Waals surface area contributed by atoms with E-state index in [9.17, 15) is 14.4 Å². The van der Waals surface area contributed by atoms with Gasteiger partial charge < -0.3 is 19.5 Å². The van der Waals surface area contributed by atoms with Crippen molar-refractivity contribution in [2.24, 2.45) is 17.8 Å². The number of carbonyl (C=O) groups is 2. The molecule has 1 aliphatic carbocycles. The Bertz CT molecular complexity index is 1610. The summed E-state index contributed by atoms with van der Waals surface area (Å²) >= 11 is 0. The first-order valence-corrected chi connectivity index (χ1v) is 12.6. The van der Waals surface area contributed by atoms with Gasteiger partial charge in [0.05, 0.1) is 23.0 Å². The van der Waals surface area contributed by atoms with E-state index < -0.39 is 11.4 Å². The summed E-state index contributed by atoms with van der Waals surface area (Å²) in [6, 6.07) is 7.61. The second-order valence-electron chi connectivity index (χ2n) is 10.1. The van der Waals surface area contributed by atoms with Crippen molar-refractivity contribution in [3.05, 3.63) is 46.2 Å². The highest BCUT2D eigenvalue weighted by Gasteiger charge is 2.45. The Balaban J connectivity index is 1.31. The van der Waals surface area contributed by atoms with Gasteiger partial charge in [0.25, 0.3) is 0 Å². The van der Waals surface area contributed by atoms with Crippen molar-refractivity contribution >= 4 is 45.5 Å². The Morgan fingerprint density at radius 1 is 1.11 bits per heavy atom. The molecule has 3 aliphatic rings. The fourth-order valence-corrected chi connectivity index (χ4v) is 5.88. The van der Waals surface area contributed by atoms with E-state index in [2.05, 4.69) is 14.9 Å². The first kappa shape index (κ1) is 21.3. The zero-order valence-corrected chi connectivity index (χ0v) is 19.9. The van der Waals surface area contributed by atoms with Crippen LogP contribution in [0.2, 0.25) is 0 Å². The Morgan fingerprint density at radius 2 is 1.86 bits per heavy atom. The molecule has 1 saturated carbocycles. The van der Waals surface area contributed by atoms with E-state index in [1.807, 2.05) is 33.6 Å².